The maximum absolute atomic E-state index is 10.9. The highest BCUT2D eigenvalue weighted by atomic mass is 16.6. The molecule has 0 atom stereocenters. The van der Waals surface area contributed by atoms with Gasteiger partial charge in [-0.05, 0) is 11.3 Å². The predicted octanol–water partition coefficient (Wildman–Crippen LogP) is 1.44. The number of aromatic nitrogens is 3. The molecular weight excluding hydrogens is 244 g/mol. The fourth-order valence-electron chi connectivity index (χ4n) is 1.94. The van der Waals surface area contributed by atoms with E-state index in [9.17, 15) is 10.1 Å². The molecule has 0 aliphatic heterocycles. The van der Waals surface area contributed by atoms with Crippen molar-refractivity contribution in [3.05, 3.63) is 64.7 Å². The predicted molar refractivity (Wildman–Crippen MR) is 67.5 cm³/mol. The average Bonchev–Trinajstić information content (AvgIpc) is 2.81. The summed E-state index contributed by atoms with van der Waals surface area (Å²) in [6.45, 7) is 0.493. The van der Waals surface area contributed by atoms with Gasteiger partial charge in [-0.1, -0.05) is 18.2 Å². The van der Waals surface area contributed by atoms with Crippen LogP contribution in [0.5, 0.6) is 0 Å². The summed E-state index contributed by atoms with van der Waals surface area (Å²) in [7, 11) is 0. The van der Waals surface area contributed by atoms with E-state index < -0.39 is 4.92 Å². The highest BCUT2D eigenvalue weighted by Crippen LogP contribution is 2.22. The lowest BCUT2D eigenvalue weighted by Gasteiger charge is -1.98. The van der Waals surface area contributed by atoms with Crippen LogP contribution in [0.15, 0.2) is 48.8 Å². The summed E-state index contributed by atoms with van der Waals surface area (Å²) in [5.74, 6) is 0.570. The lowest BCUT2D eigenvalue weighted by molar-refractivity contribution is -0.689. The molecule has 0 bridgehead atoms. The quantitative estimate of drug-likeness (QED) is 0.402. The van der Waals surface area contributed by atoms with Gasteiger partial charge >= 0.3 is 0 Å². The third-order valence-corrected chi connectivity index (χ3v) is 2.78. The van der Waals surface area contributed by atoms with Crippen LogP contribution in [0.4, 0.5) is 5.69 Å². The van der Waals surface area contributed by atoms with Crippen molar-refractivity contribution in [2.75, 3.05) is 0 Å². The molecule has 3 aromatic rings. The van der Waals surface area contributed by atoms with Crippen LogP contribution in [0.2, 0.25) is 0 Å². The summed E-state index contributed by atoms with van der Waals surface area (Å²) in [6, 6.07) is 10.5. The molecule has 6 heteroatoms. The summed E-state index contributed by atoms with van der Waals surface area (Å²) in [5.41, 5.74) is 0.897. The van der Waals surface area contributed by atoms with Crippen LogP contribution in [0.1, 0.15) is 5.82 Å². The van der Waals surface area contributed by atoms with E-state index in [2.05, 4.69) is 9.97 Å². The Balaban J connectivity index is 2.03. The first-order valence-electron chi connectivity index (χ1n) is 5.75. The summed E-state index contributed by atoms with van der Waals surface area (Å²) >= 11 is 0. The van der Waals surface area contributed by atoms with Crippen LogP contribution in [0.3, 0.4) is 0 Å². The number of non-ortho nitro benzene ring substituents is 1. The third kappa shape index (κ3) is 2.15. The van der Waals surface area contributed by atoms with E-state index in [4.69, 9.17) is 0 Å². The van der Waals surface area contributed by atoms with Gasteiger partial charge in [0.25, 0.3) is 5.69 Å². The number of pyridine rings is 1. The number of hydrogen-bond acceptors (Lipinski definition) is 3. The van der Waals surface area contributed by atoms with E-state index in [0.29, 0.717) is 23.4 Å². The SMILES string of the molecule is O=[N+]([O-])c1cccc2nc(C[n+]3ccccc3)[n-]c12. The third-order valence-electron chi connectivity index (χ3n) is 2.78. The first-order chi connectivity index (χ1) is 9.24. The number of para-hydroxylation sites is 1. The molecule has 0 radical (unpaired) electrons. The molecule has 94 valence electrons. The standard InChI is InChI=1S/C13H10N4O2/c18-17(19)11-6-4-5-10-13(11)15-12(14-10)9-16-7-2-1-3-8-16/h1-8H,9H2. The van der Waals surface area contributed by atoms with E-state index in [1.807, 2.05) is 35.2 Å². The molecule has 1 aromatic carbocycles. The summed E-state index contributed by atoms with van der Waals surface area (Å²) in [5, 5.41) is 10.9. The molecule has 0 aliphatic rings. The molecule has 3 rings (SSSR count). The maximum Gasteiger partial charge on any atom is 0.272 e. The number of hydrogen-bond donors (Lipinski definition) is 0. The van der Waals surface area contributed by atoms with Crippen molar-refractivity contribution >= 4 is 16.7 Å². The second kappa shape index (κ2) is 4.49. The van der Waals surface area contributed by atoms with Gasteiger partial charge in [-0.2, -0.15) is 0 Å². The van der Waals surface area contributed by atoms with Gasteiger partial charge in [-0.25, -0.2) is 4.57 Å². The van der Waals surface area contributed by atoms with E-state index in [1.54, 1.807) is 12.1 Å². The molecular formula is C13H10N4O2. The number of fused-ring (bicyclic) bond motifs is 1. The van der Waals surface area contributed by atoms with Gasteiger partial charge in [0.2, 0.25) is 0 Å². The number of rotatable bonds is 3. The van der Waals surface area contributed by atoms with Crippen LogP contribution in [-0.2, 0) is 6.54 Å². The fraction of sp³-hybridized carbons (Fsp3) is 0.0769. The molecule has 2 aromatic heterocycles. The lowest BCUT2D eigenvalue weighted by atomic mass is 10.3. The van der Waals surface area contributed by atoms with Crippen molar-refractivity contribution in [2.24, 2.45) is 0 Å². The Bertz CT molecular complexity index is 737. The van der Waals surface area contributed by atoms with Crippen molar-refractivity contribution in [3.8, 4) is 0 Å². The van der Waals surface area contributed by atoms with Crippen molar-refractivity contribution in [2.45, 2.75) is 6.54 Å². The molecule has 0 saturated heterocycles. The normalized spacial score (nSPS) is 10.7. The zero-order valence-corrected chi connectivity index (χ0v) is 9.93. The molecule has 19 heavy (non-hydrogen) atoms. The van der Waals surface area contributed by atoms with Gasteiger partial charge in [0, 0.05) is 23.7 Å². The summed E-state index contributed by atoms with van der Waals surface area (Å²) in [6.07, 6.45) is 3.80. The summed E-state index contributed by atoms with van der Waals surface area (Å²) in [4.78, 5) is 19.1. The zero-order valence-electron chi connectivity index (χ0n) is 9.93. The van der Waals surface area contributed by atoms with Crippen molar-refractivity contribution < 1.29 is 9.49 Å². The van der Waals surface area contributed by atoms with E-state index in [1.165, 1.54) is 6.07 Å². The van der Waals surface area contributed by atoms with Crippen LogP contribution < -0.4 is 9.55 Å². The number of nitro benzene ring substituents is 1. The van der Waals surface area contributed by atoms with E-state index in [0.717, 1.165) is 0 Å². The maximum atomic E-state index is 10.9. The molecule has 0 saturated carbocycles. The van der Waals surface area contributed by atoms with Crippen LogP contribution in [0, 0.1) is 10.1 Å². The Labute approximate surface area is 108 Å². The minimum absolute atomic E-state index is 0.00527. The largest absolute Gasteiger partial charge is 0.434 e. The van der Waals surface area contributed by atoms with Gasteiger partial charge < -0.3 is 9.97 Å². The molecule has 0 aliphatic carbocycles. The van der Waals surface area contributed by atoms with Gasteiger partial charge in [0.15, 0.2) is 18.9 Å². The number of benzene rings is 1. The van der Waals surface area contributed by atoms with Gasteiger partial charge in [0.05, 0.1) is 4.92 Å². The molecule has 0 unspecified atom stereocenters. The van der Waals surface area contributed by atoms with Crippen LogP contribution in [-0.4, -0.2) is 9.91 Å². The topological polar surface area (TPSA) is 74.0 Å². The lowest BCUT2D eigenvalue weighted by Crippen LogP contribution is -2.33. The average molecular weight is 254 g/mol. The Morgan fingerprint density at radius 1 is 1.21 bits per heavy atom. The second-order valence-corrected chi connectivity index (χ2v) is 4.09. The molecule has 0 spiro atoms. The van der Waals surface area contributed by atoms with Crippen LogP contribution >= 0.6 is 0 Å². The van der Waals surface area contributed by atoms with Gasteiger partial charge in [0.1, 0.15) is 0 Å². The van der Waals surface area contributed by atoms with Crippen LogP contribution in [0.25, 0.3) is 11.0 Å². The Kier molecular flexibility index (Phi) is 2.68. The van der Waals surface area contributed by atoms with Crippen molar-refractivity contribution in [3.63, 3.8) is 0 Å². The molecule has 2 heterocycles. The number of nitro groups is 1. The number of imidazole rings is 1. The molecule has 6 nitrogen and oxygen atoms in total. The molecule has 0 amide bonds. The first kappa shape index (κ1) is 11.3. The monoisotopic (exact) mass is 254 g/mol. The van der Waals surface area contributed by atoms with E-state index >= 15 is 0 Å². The van der Waals surface area contributed by atoms with Crippen molar-refractivity contribution in [1.29, 1.82) is 0 Å². The molecule has 0 fully saturated rings. The minimum Gasteiger partial charge on any atom is -0.434 e. The second-order valence-electron chi connectivity index (χ2n) is 4.09. The zero-order chi connectivity index (χ0) is 13.2. The smallest absolute Gasteiger partial charge is 0.272 e. The fourth-order valence-corrected chi connectivity index (χ4v) is 1.94. The highest BCUT2D eigenvalue weighted by molar-refractivity contribution is 5.84. The van der Waals surface area contributed by atoms with E-state index in [-0.39, 0.29) is 5.69 Å². The molecule has 0 N–H and O–H groups in total. The minimum atomic E-state index is -0.434. The summed E-state index contributed by atoms with van der Waals surface area (Å²) < 4.78 is 1.92. The van der Waals surface area contributed by atoms with Gasteiger partial charge in [-0.3, -0.25) is 10.1 Å². The number of nitrogens with zero attached hydrogens (tertiary/aromatic N) is 4. The Hall–Kier alpha value is -2.76. The van der Waals surface area contributed by atoms with Crippen molar-refractivity contribution in [1.82, 2.24) is 9.97 Å². The van der Waals surface area contributed by atoms with Gasteiger partial charge in [-0.15, -0.1) is 0 Å². The first-order valence-corrected chi connectivity index (χ1v) is 5.75. The highest BCUT2D eigenvalue weighted by Gasteiger charge is 2.09. The Morgan fingerprint density at radius 3 is 2.74 bits per heavy atom. The Morgan fingerprint density at radius 2 is 2.00 bits per heavy atom.